The van der Waals surface area contributed by atoms with Gasteiger partial charge in [0.05, 0.1) is 6.20 Å². The number of hydrogen-bond acceptors (Lipinski definition) is 4. The minimum absolute atomic E-state index is 0.481. The van der Waals surface area contributed by atoms with Crippen molar-refractivity contribution in [1.29, 1.82) is 0 Å². The SMILES string of the molecule is Nc1cnoc1-c1ncc[nH]1. The van der Waals surface area contributed by atoms with Crippen LogP contribution in [0.3, 0.4) is 0 Å². The summed E-state index contributed by atoms with van der Waals surface area (Å²) < 4.78 is 4.84. The molecule has 0 radical (unpaired) electrons. The summed E-state index contributed by atoms with van der Waals surface area (Å²) in [5.74, 6) is 1.08. The lowest BCUT2D eigenvalue weighted by molar-refractivity contribution is 0.430. The van der Waals surface area contributed by atoms with Crippen LogP contribution < -0.4 is 5.73 Å². The molecule has 56 valence electrons. The summed E-state index contributed by atoms with van der Waals surface area (Å²) in [6.45, 7) is 0. The number of hydrogen-bond donors (Lipinski definition) is 2. The second kappa shape index (κ2) is 2.12. The Labute approximate surface area is 62.2 Å². The van der Waals surface area contributed by atoms with Crippen molar-refractivity contribution in [1.82, 2.24) is 15.1 Å². The van der Waals surface area contributed by atoms with Gasteiger partial charge < -0.3 is 15.2 Å². The lowest BCUT2D eigenvalue weighted by Crippen LogP contribution is -1.85. The molecule has 0 unspecified atom stereocenters. The smallest absolute Gasteiger partial charge is 0.224 e. The van der Waals surface area contributed by atoms with E-state index in [-0.39, 0.29) is 0 Å². The van der Waals surface area contributed by atoms with Gasteiger partial charge in [-0.2, -0.15) is 0 Å². The Bertz CT molecular complexity index is 337. The summed E-state index contributed by atoms with van der Waals surface area (Å²) in [6.07, 6.45) is 4.76. The number of aromatic nitrogens is 3. The summed E-state index contributed by atoms with van der Waals surface area (Å²) in [4.78, 5) is 6.81. The van der Waals surface area contributed by atoms with Gasteiger partial charge in [0.25, 0.3) is 0 Å². The maximum atomic E-state index is 5.52. The quantitative estimate of drug-likeness (QED) is 0.625. The van der Waals surface area contributed by atoms with Crippen LogP contribution in [0.15, 0.2) is 23.1 Å². The summed E-state index contributed by atoms with van der Waals surface area (Å²) >= 11 is 0. The number of aromatic amines is 1. The molecule has 5 nitrogen and oxygen atoms in total. The zero-order chi connectivity index (χ0) is 7.68. The van der Waals surface area contributed by atoms with E-state index in [1.54, 1.807) is 12.4 Å². The molecule has 0 spiro atoms. The average molecular weight is 150 g/mol. The maximum absolute atomic E-state index is 5.52. The molecule has 2 aromatic rings. The van der Waals surface area contributed by atoms with Gasteiger partial charge in [-0.3, -0.25) is 0 Å². The highest BCUT2D eigenvalue weighted by Gasteiger charge is 2.08. The second-order valence-electron chi connectivity index (χ2n) is 2.05. The van der Waals surface area contributed by atoms with E-state index in [1.807, 2.05) is 0 Å². The number of nitrogens with one attached hydrogen (secondary N) is 1. The topological polar surface area (TPSA) is 80.7 Å². The second-order valence-corrected chi connectivity index (χ2v) is 2.05. The van der Waals surface area contributed by atoms with E-state index in [0.29, 0.717) is 17.3 Å². The zero-order valence-corrected chi connectivity index (χ0v) is 5.61. The molecule has 0 fully saturated rings. The van der Waals surface area contributed by atoms with Gasteiger partial charge in [0.1, 0.15) is 5.69 Å². The molecule has 5 heteroatoms. The van der Waals surface area contributed by atoms with Gasteiger partial charge in [-0.15, -0.1) is 0 Å². The van der Waals surface area contributed by atoms with Crippen LogP contribution in [0.2, 0.25) is 0 Å². The maximum Gasteiger partial charge on any atom is 0.224 e. The number of rotatable bonds is 1. The van der Waals surface area contributed by atoms with Crippen LogP contribution in [0.5, 0.6) is 0 Å². The molecule has 11 heavy (non-hydrogen) atoms. The van der Waals surface area contributed by atoms with Crippen molar-refractivity contribution in [2.75, 3.05) is 5.73 Å². The van der Waals surface area contributed by atoms with Crippen LogP contribution in [-0.2, 0) is 0 Å². The van der Waals surface area contributed by atoms with Gasteiger partial charge in [-0.05, 0) is 0 Å². The first kappa shape index (κ1) is 5.96. The standard InChI is InChI=1S/C6H6N4O/c7-4-3-10-11-5(4)6-8-1-2-9-6/h1-3H,7H2,(H,8,9). The molecule has 0 aliphatic carbocycles. The molecule has 0 atom stereocenters. The number of nitrogen functional groups attached to an aromatic ring is 1. The van der Waals surface area contributed by atoms with Gasteiger partial charge in [0.15, 0.2) is 5.82 Å². The molecule has 2 rings (SSSR count). The molecule has 2 aromatic heterocycles. The van der Waals surface area contributed by atoms with Crippen molar-refractivity contribution in [3.8, 4) is 11.6 Å². The Morgan fingerprint density at radius 1 is 1.55 bits per heavy atom. The third-order valence-corrected chi connectivity index (χ3v) is 1.31. The summed E-state index contributed by atoms with van der Waals surface area (Å²) in [6, 6.07) is 0. The predicted molar refractivity (Wildman–Crippen MR) is 38.5 cm³/mol. The average Bonchev–Trinajstić information content (AvgIpc) is 2.55. The van der Waals surface area contributed by atoms with Crippen molar-refractivity contribution in [3.63, 3.8) is 0 Å². The number of imidazole rings is 1. The highest BCUT2D eigenvalue weighted by Crippen LogP contribution is 2.20. The van der Waals surface area contributed by atoms with Crippen LogP contribution >= 0.6 is 0 Å². The van der Waals surface area contributed by atoms with Crippen molar-refractivity contribution < 1.29 is 4.52 Å². The van der Waals surface area contributed by atoms with Crippen LogP contribution in [0, 0.1) is 0 Å². The van der Waals surface area contributed by atoms with Crippen LogP contribution in [0.25, 0.3) is 11.6 Å². The van der Waals surface area contributed by atoms with E-state index in [4.69, 9.17) is 10.3 Å². The van der Waals surface area contributed by atoms with Crippen molar-refractivity contribution >= 4 is 5.69 Å². The molecule has 2 heterocycles. The fourth-order valence-electron chi connectivity index (χ4n) is 0.817. The van der Waals surface area contributed by atoms with Gasteiger partial charge in [0.2, 0.25) is 5.76 Å². The van der Waals surface area contributed by atoms with E-state index in [1.165, 1.54) is 6.20 Å². The third-order valence-electron chi connectivity index (χ3n) is 1.31. The molecular weight excluding hydrogens is 144 g/mol. The first-order chi connectivity index (χ1) is 5.38. The molecule has 0 saturated heterocycles. The van der Waals surface area contributed by atoms with Crippen molar-refractivity contribution in [2.45, 2.75) is 0 Å². The molecule has 0 aliphatic heterocycles. The number of H-pyrrole nitrogens is 1. The highest BCUT2D eigenvalue weighted by atomic mass is 16.5. The largest absolute Gasteiger partial charge is 0.394 e. The van der Waals surface area contributed by atoms with Gasteiger partial charge in [-0.25, -0.2) is 4.98 Å². The zero-order valence-electron chi connectivity index (χ0n) is 5.61. The van der Waals surface area contributed by atoms with E-state index in [9.17, 15) is 0 Å². The summed E-state index contributed by atoms with van der Waals surface area (Å²) in [7, 11) is 0. The normalized spacial score (nSPS) is 10.2. The minimum atomic E-state index is 0.481. The van der Waals surface area contributed by atoms with Crippen molar-refractivity contribution in [2.24, 2.45) is 0 Å². The van der Waals surface area contributed by atoms with Gasteiger partial charge in [-0.1, -0.05) is 5.16 Å². The van der Waals surface area contributed by atoms with Crippen LogP contribution in [0.4, 0.5) is 5.69 Å². The molecule has 0 amide bonds. The Morgan fingerprint density at radius 2 is 2.45 bits per heavy atom. The van der Waals surface area contributed by atoms with Gasteiger partial charge >= 0.3 is 0 Å². The predicted octanol–water partition coefficient (Wildman–Crippen LogP) is 0.647. The Kier molecular flexibility index (Phi) is 1.15. The van der Waals surface area contributed by atoms with E-state index in [2.05, 4.69) is 15.1 Å². The Morgan fingerprint density at radius 3 is 3.00 bits per heavy atom. The highest BCUT2D eigenvalue weighted by molar-refractivity contribution is 5.63. The Hall–Kier alpha value is -1.78. The fourth-order valence-corrected chi connectivity index (χ4v) is 0.817. The number of nitrogens with two attached hydrogens (primary N) is 1. The van der Waals surface area contributed by atoms with E-state index < -0.39 is 0 Å². The van der Waals surface area contributed by atoms with Crippen molar-refractivity contribution in [3.05, 3.63) is 18.6 Å². The number of anilines is 1. The molecule has 0 saturated carbocycles. The molecule has 0 aliphatic rings. The van der Waals surface area contributed by atoms with Crippen LogP contribution in [0.1, 0.15) is 0 Å². The summed E-state index contributed by atoms with van der Waals surface area (Å²) in [5.41, 5.74) is 6.00. The lowest BCUT2D eigenvalue weighted by Gasteiger charge is -1.87. The van der Waals surface area contributed by atoms with E-state index in [0.717, 1.165) is 0 Å². The summed E-state index contributed by atoms with van der Waals surface area (Å²) in [5, 5.41) is 3.52. The molecular formula is C6H6N4O. The molecule has 3 N–H and O–H groups in total. The third kappa shape index (κ3) is 0.861. The first-order valence-corrected chi connectivity index (χ1v) is 3.08. The fraction of sp³-hybridized carbons (Fsp3) is 0. The van der Waals surface area contributed by atoms with E-state index >= 15 is 0 Å². The molecule has 0 aromatic carbocycles. The van der Waals surface area contributed by atoms with Crippen LogP contribution in [-0.4, -0.2) is 15.1 Å². The first-order valence-electron chi connectivity index (χ1n) is 3.08. The lowest BCUT2D eigenvalue weighted by atomic mass is 10.4. The minimum Gasteiger partial charge on any atom is -0.394 e. The molecule has 0 bridgehead atoms. The monoisotopic (exact) mass is 150 g/mol. The number of nitrogens with zero attached hydrogens (tertiary/aromatic N) is 2. The van der Waals surface area contributed by atoms with Gasteiger partial charge in [0, 0.05) is 12.4 Å². The Balaban J connectivity index is 2.53.